The van der Waals surface area contributed by atoms with Gasteiger partial charge in [0.25, 0.3) is 0 Å². The zero-order valence-electron chi connectivity index (χ0n) is 20.0. The van der Waals surface area contributed by atoms with Gasteiger partial charge in [-0.2, -0.15) is 0 Å². The largest absolute Gasteiger partial charge is 0.493 e. The molecule has 0 spiro atoms. The number of para-hydroxylation sites is 1. The number of pyridine rings is 1. The maximum atomic E-state index is 15.2. The van der Waals surface area contributed by atoms with Gasteiger partial charge in [-0.3, -0.25) is 4.98 Å². The Morgan fingerprint density at radius 2 is 1.50 bits per heavy atom. The lowest BCUT2D eigenvalue weighted by atomic mass is 10.1. The van der Waals surface area contributed by atoms with Gasteiger partial charge < -0.3 is 19.1 Å². The van der Waals surface area contributed by atoms with E-state index in [1.165, 1.54) is 6.07 Å². The molecule has 0 N–H and O–H groups in total. The van der Waals surface area contributed by atoms with E-state index in [9.17, 15) is 0 Å². The molecule has 8 heteroatoms. The lowest BCUT2D eigenvalue weighted by Crippen LogP contribution is -2.13. The van der Waals surface area contributed by atoms with E-state index in [2.05, 4.69) is 15.0 Å². The number of halogens is 1. The number of aromatic nitrogens is 3. The minimum absolute atomic E-state index is 0.0803. The molecule has 180 valence electrons. The van der Waals surface area contributed by atoms with Crippen LogP contribution in [0.4, 0.5) is 16.0 Å². The number of hydrogen-bond donors (Lipinski definition) is 0. The Labute approximate surface area is 207 Å². The fourth-order valence-electron chi connectivity index (χ4n) is 3.84. The van der Waals surface area contributed by atoms with Crippen molar-refractivity contribution in [1.29, 1.82) is 0 Å². The van der Waals surface area contributed by atoms with Crippen molar-refractivity contribution in [1.82, 2.24) is 15.0 Å². The first-order valence-corrected chi connectivity index (χ1v) is 11.2. The van der Waals surface area contributed by atoms with Crippen molar-refractivity contribution >= 4 is 22.5 Å². The molecule has 5 aromatic rings. The maximum absolute atomic E-state index is 15.2. The summed E-state index contributed by atoms with van der Waals surface area (Å²) in [4.78, 5) is 15.2. The summed E-state index contributed by atoms with van der Waals surface area (Å²) in [6, 6.07) is 21.5. The Balaban J connectivity index is 1.44. The highest BCUT2D eigenvalue weighted by Gasteiger charge is 2.15. The van der Waals surface area contributed by atoms with Crippen LogP contribution in [0.3, 0.4) is 0 Å². The number of rotatable bonds is 7. The molecule has 3 aromatic carbocycles. The zero-order chi connectivity index (χ0) is 25.1. The molecule has 7 nitrogen and oxygen atoms in total. The number of nitrogens with zero attached hydrogens (tertiary/aromatic N) is 4. The second-order valence-electron chi connectivity index (χ2n) is 7.92. The van der Waals surface area contributed by atoms with Crippen molar-refractivity contribution in [3.8, 4) is 34.3 Å². The molecule has 0 radical (unpaired) electrons. The lowest BCUT2D eigenvalue weighted by Gasteiger charge is -2.17. The summed E-state index contributed by atoms with van der Waals surface area (Å²) < 4.78 is 31.9. The zero-order valence-corrected chi connectivity index (χ0v) is 20.0. The maximum Gasteiger partial charge on any atom is 0.230 e. The Morgan fingerprint density at radius 3 is 2.25 bits per heavy atom. The van der Waals surface area contributed by atoms with Crippen LogP contribution >= 0.6 is 0 Å². The van der Waals surface area contributed by atoms with Crippen molar-refractivity contribution < 1.29 is 18.6 Å². The molecule has 36 heavy (non-hydrogen) atoms. The SMILES string of the molecule is COc1cc2nccc(Oc3ccc(-c4ccnc(N(C)c5ccccc5)n4)cc3F)c2cc1OC. The lowest BCUT2D eigenvalue weighted by molar-refractivity contribution is 0.355. The molecule has 0 aliphatic rings. The fourth-order valence-corrected chi connectivity index (χ4v) is 3.84. The Bertz CT molecular complexity index is 1530. The fraction of sp³-hybridized carbons (Fsp3) is 0.107. The summed E-state index contributed by atoms with van der Waals surface area (Å²) in [6.07, 6.45) is 3.26. The van der Waals surface area contributed by atoms with Gasteiger partial charge in [0.2, 0.25) is 5.95 Å². The van der Waals surface area contributed by atoms with Gasteiger partial charge in [-0.25, -0.2) is 14.4 Å². The predicted octanol–water partition coefficient (Wildman–Crippen LogP) is 6.41. The van der Waals surface area contributed by atoms with Crippen molar-refractivity contribution in [3.63, 3.8) is 0 Å². The summed E-state index contributed by atoms with van der Waals surface area (Å²) in [5.74, 6) is 1.59. The van der Waals surface area contributed by atoms with Gasteiger partial charge in [-0.05, 0) is 48.5 Å². The number of ether oxygens (including phenoxy) is 3. The molecule has 0 atom stereocenters. The highest BCUT2D eigenvalue weighted by molar-refractivity contribution is 5.88. The van der Waals surface area contributed by atoms with Crippen LogP contribution in [-0.4, -0.2) is 36.2 Å². The van der Waals surface area contributed by atoms with E-state index in [0.717, 1.165) is 5.69 Å². The van der Waals surface area contributed by atoms with Gasteiger partial charge in [0.1, 0.15) is 5.75 Å². The van der Waals surface area contributed by atoms with Gasteiger partial charge in [0.05, 0.1) is 25.4 Å². The molecule has 0 aliphatic carbocycles. The van der Waals surface area contributed by atoms with E-state index in [0.29, 0.717) is 45.4 Å². The van der Waals surface area contributed by atoms with Gasteiger partial charge in [-0.1, -0.05) is 18.2 Å². The third kappa shape index (κ3) is 4.48. The molecule has 0 bridgehead atoms. The molecule has 2 heterocycles. The summed E-state index contributed by atoms with van der Waals surface area (Å²) in [6.45, 7) is 0. The highest BCUT2D eigenvalue weighted by atomic mass is 19.1. The van der Waals surface area contributed by atoms with Crippen LogP contribution < -0.4 is 19.1 Å². The Hall–Kier alpha value is -4.72. The summed E-state index contributed by atoms with van der Waals surface area (Å²) in [5, 5.41) is 0.669. The van der Waals surface area contributed by atoms with E-state index < -0.39 is 5.82 Å². The van der Waals surface area contributed by atoms with Gasteiger partial charge in [0, 0.05) is 42.1 Å². The van der Waals surface area contributed by atoms with Crippen LogP contribution in [0.1, 0.15) is 0 Å². The summed E-state index contributed by atoms with van der Waals surface area (Å²) >= 11 is 0. The summed E-state index contributed by atoms with van der Waals surface area (Å²) in [5.41, 5.74) is 2.79. The van der Waals surface area contributed by atoms with E-state index in [4.69, 9.17) is 14.2 Å². The van der Waals surface area contributed by atoms with E-state index >= 15 is 4.39 Å². The number of hydrogen-bond acceptors (Lipinski definition) is 7. The van der Waals surface area contributed by atoms with Crippen LogP contribution in [0.25, 0.3) is 22.2 Å². The number of anilines is 2. The highest BCUT2D eigenvalue weighted by Crippen LogP contribution is 2.38. The molecule has 0 saturated heterocycles. The van der Waals surface area contributed by atoms with E-state index in [1.54, 1.807) is 63.0 Å². The molecular weight excluding hydrogens is 459 g/mol. The topological polar surface area (TPSA) is 69.6 Å². The summed E-state index contributed by atoms with van der Waals surface area (Å²) in [7, 11) is 4.99. The van der Waals surface area contributed by atoms with E-state index in [1.807, 2.05) is 42.3 Å². The minimum atomic E-state index is -0.519. The van der Waals surface area contributed by atoms with Gasteiger partial charge in [-0.15, -0.1) is 0 Å². The number of methoxy groups -OCH3 is 2. The average molecular weight is 483 g/mol. The van der Waals surface area contributed by atoms with Crippen molar-refractivity contribution in [2.75, 3.05) is 26.2 Å². The Kier molecular flexibility index (Phi) is 6.32. The first kappa shape index (κ1) is 23.0. The quantitative estimate of drug-likeness (QED) is 0.266. The average Bonchev–Trinajstić information content (AvgIpc) is 2.93. The minimum Gasteiger partial charge on any atom is -0.493 e. The first-order valence-electron chi connectivity index (χ1n) is 11.2. The van der Waals surface area contributed by atoms with Crippen LogP contribution in [0, 0.1) is 5.82 Å². The van der Waals surface area contributed by atoms with Gasteiger partial charge >= 0.3 is 0 Å². The molecular formula is C28H23FN4O3. The number of benzene rings is 3. The normalized spacial score (nSPS) is 10.8. The first-order chi connectivity index (χ1) is 17.6. The van der Waals surface area contributed by atoms with Crippen LogP contribution in [0.5, 0.6) is 23.0 Å². The van der Waals surface area contributed by atoms with Gasteiger partial charge in [0.15, 0.2) is 23.1 Å². The van der Waals surface area contributed by atoms with Crippen LogP contribution in [-0.2, 0) is 0 Å². The second kappa shape index (κ2) is 9.87. The molecule has 0 saturated carbocycles. The molecule has 2 aromatic heterocycles. The van der Waals surface area contributed by atoms with Crippen molar-refractivity contribution in [2.24, 2.45) is 0 Å². The van der Waals surface area contributed by atoms with Crippen LogP contribution in [0.15, 0.2) is 85.2 Å². The van der Waals surface area contributed by atoms with Crippen molar-refractivity contribution in [3.05, 3.63) is 91.0 Å². The second-order valence-corrected chi connectivity index (χ2v) is 7.92. The third-order valence-corrected chi connectivity index (χ3v) is 5.74. The molecule has 0 aliphatic heterocycles. The number of fused-ring (bicyclic) bond motifs is 1. The third-order valence-electron chi connectivity index (χ3n) is 5.74. The Morgan fingerprint density at radius 1 is 0.750 bits per heavy atom. The standard InChI is InChI=1S/C28H23FN4O3/c1-33(19-7-5-4-6-8-19)28-31-13-11-22(32-28)18-9-10-25(21(29)15-18)36-24-12-14-30-23-17-27(35-3)26(34-2)16-20(23)24/h4-17H,1-3H3. The van der Waals surface area contributed by atoms with Crippen LogP contribution in [0.2, 0.25) is 0 Å². The molecule has 5 rings (SSSR count). The predicted molar refractivity (Wildman–Crippen MR) is 137 cm³/mol. The molecule has 0 amide bonds. The van der Waals surface area contributed by atoms with E-state index in [-0.39, 0.29) is 5.75 Å². The molecule has 0 fully saturated rings. The van der Waals surface area contributed by atoms with Crippen molar-refractivity contribution in [2.45, 2.75) is 0 Å². The monoisotopic (exact) mass is 482 g/mol. The smallest absolute Gasteiger partial charge is 0.230 e. The molecule has 0 unspecified atom stereocenters.